The second-order valence-corrected chi connectivity index (χ2v) is 15.8. The quantitative estimate of drug-likeness (QED) is 0.0520. The number of hydrogen-bond donors (Lipinski definition) is 1. The van der Waals surface area contributed by atoms with Crippen LogP contribution in [0.4, 0.5) is 0 Å². The predicted octanol–water partition coefficient (Wildman–Crippen LogP) is 14.8. The molecule has 3 heteroatoms. The van der Waals surface area contributed by atoms with Crippen molar-refractivity contribution in [3.05, 3.63) is 24.3 Å². The van der Waals surface area contributed by atoms with Crippen molar-refractivity contribution >= 4 is 5.84 Å². The highest BCUT2D eigenvalue weighted by Crippen LogP contribution is 2.34. The Morgan fingerprint density at radius 2 is 0.837 bits per heavy atom. The summed E-state index contributed by atoms with van der Waals surface area (Å²) in [4.78, 5) is 8.16. The van der Waals surface area contributed by atoms with E-state index in [2.05, 4.69) is 50.0 Å². The van der Waals surface area contributed by atoms with Gasteiger partial charge in [-0.1, -0.05) is 186 Å². The summed E-state index contributed by atoms with van der Waals surface area (Å²) in [6, 6.07) is 0. The van der Waals surface area contributed by atoms with E-state index >= 15 is 0 Å². The normalized spacial score (nSPS) is 16.6. The van der Waals surface area contributed by atoms with Crippen LogP contribution in [0.25, 0.3) is 0 Å². The molecule has 0 radical (unpaired) electrons. The number of amidine groups is 1. The van der Waals surface area contributed by atoms with Crippen molar-refractivity contribution in [2.45, 2.75) is 245 Å². The molecule has 1 atom stereocenters. The maximum atomic E-state index is 6.11. The Morgan fingerprint density at radius 3 is 1.27 bits per heavy atom. The molecule has 2 N–H and O–H groups in total. The number of unbranched alkanes of at least 4 members (excludes halogenated alkanes) is 26. The molecule has 1 aliphatic heterocycles. The first-order valence-electron chi connectivity index (χ1n) is 22.5. The van der Waals surface area contributed by atoms with E-state index in [1.165, 1.54) is 218 Å². The number of aliphatic imine (C=N–C) groups is 1. The van der Waals surface area contributed by atoms with Gasteiger partial charge in [-0.05, 0) is 70.6 Å². The Morgan fingerprint density at radius 1 is 0.490 bits per heavy atom. The van der Waals surface area contributed by atoms with Crippen LogP contribution >= 0.6 is 0 Å². The molecule has 0 saturated heterocycles. The summed E-state index contributed by atoms with van der Waals surface area (Å²) >= 11 is 0. The third-order valence-electron chi connectivity index (χ3n) is 10.9. The average Bonchev–Trinajstić information content (AvgIpc) is 3.44. The van der Waals surface area contributed by atoms with Crippen LogP contribution in [0.2, 0.25) is 0 Å². The molecule has 1 aliphatic rings. The van der Waals surface area contributed by atoms with E-state index in [4.69, 9.17) is 10.7 Å². The van der Waals surface area contributed by atoms with Gasteiger partial charge in [0.2, 0.25) is 0 Å². The lowest BCUT2D eigenvalue weighted by Gasteiger charge is -2.28. The first kappa shape index (κ1) is 45.9. The van der Waals surface area contributed by atoms with E-state index < -0.39 is 0 Å². The fourth-order valence-corrected chi connectivity index (χ4v) is 7.74. The maximum absolute atomic E-state index is 6.11. The summed E-state index contributed by atoms with van der Waals surface area (Å²) < 4.78 is 0. The number of nitrogens with two attached hydrogens (primary N) is 1. The van der Waals surface area contributed by atoms with Crippen molar-refractivity contribution in [2.24, 2.45) is 10.7 Å². The Kier molecular flexibility index (Phi) is 33.1. The molecule has 0 amide bonds. The molecular weight excluding hydrogens is 595 g/mol. The summed E-state index contributed by atoms with van der Waals surface area (Å²) in [6.07, 6.45) is 55.8. The van der Waals surface area contributed by atoms with Crippen LogP contribution in [-0.2, 0) is 0 Å². The van der Waals surface area contributed by atoms with Gasteiger partial charge >= 0.3 is 0 Å². The third kappa shape index (κ3) is 27.3. The summed E-state index contributed by atoms with van der Waals surface area (Å²) in [7, 11) is 0. The second-order valence-electron chi connectivity index (χ2n) is 15.8. The zero-order valence-corrected chi connectivity index (χ0v) is 33.9. The van der Waals surface area contributed by atoms with E-state index in [-0.39, 0.29) is 5.54 Å². The number of allylic oxidation sites excluding steroid dienone is 4. The van der Waals surface area contributed by atoms with Crippen LogP contribution in [0.1, 0.15) is 239 Å². The van der Waals surface area contributed by atoms with Crippen LogP contribution in [0.3, 0.4) is 0 Å². The summed E-state index contributed by atoms with van der Waals surface area (Å²) in [5, 5.41) is 0. The minimum absolute atomic E-state index is 0.156. The first-order chi connectivity index (χ1) is 24.2. The zero-order valence-electron chi connectivity index (χ0n) is 33.9. The largest absolute Gasteiger partial charge is 0.357 e. The van der Waals surface area contributed by atoms with Gasteiger partial charge in [0.05, 0.1) is 11.4 Å². The average molecular weight is 684 g/mol. The number of hydrogen-bond acceptors (Lipinski definition) is 3. The topological polar surface area (TPSA) is 41.6 Å². The monoisotopic (exact) mass is 684 g/mol. The fourth-order valence-electron chi connectivity index (χ4n) is 7.74. The van der Waals surface area contributed by atoms with Crippen molar-refractivity contribution in [3.63, 3.8) is 0 Å². The van der Waals surface area contributed by atoms with Gasteiger partial charge < -0.3 is 10.6 Å². The zero-order chi connectivity index (χ0) is 35.4. The summed E-state index contributed by atoms with van der Waals surface area (Å²) in [5.74, 6) is 1.39. The standard InChI is InChI=1S/C46H89N3/c1-4-7-10-12-14-16-18-20-22-24-26-28-30-32-34-36-39-45-48-46(40-37-9-6-3,44-49(45)43-42-47)41-38-35-33-31-29-27-25-23-21-19-17-15-13-11-8-5-2/h20-23H,4-19,24-44,47H2,1-3H3/b22-20-,23-21-. The van der Waals surface area contributed by atoms with Gasteiger partial charge in [0.15, 0.2) is 0 Å². The number of rotatable bonds is 38. The highest BCUT2D eigenvalue weighted by molar-refractivity contribution is 5.84. The van der Waals surface area contributed by atoms with Crippen molar-refractivity contribution in [3.8, 4) is 0 Å². The molecule has 1 unspecified atom stereocenters. The van der Waals surface area contributed by atoms with Crippen LogP contribution in [0.5, 0.6) is 0 Å². The molecule has 0 aliphatic carbocycles. The predicted molar refractivity (Wildman–Crippen MR) is 223 cm³/mol. The van der Waals surface area contributed by atoms with E-state index in [0.717, 1.165) is 26.1 Å². The van der Waals surface area contributed by atoms with Gasteiger partial charge in [-0.15, -0.1) is 0 Å². The van der Waals surface area contributed by atoms with Gasteiger partial charge in [0.1, 0.15) is 0 Å². The van der Waals surface area contributed by atoms with Crippen LogP contribution in [0.15, 0.2) is 29.3 Å². The molecule has 0 aromatic heterocycles. The molecular formula is C46H89N3. The molecule has 288 valence electrons. The minimum Gasteiger partial charge on any atom is -0.357 e. The van der Waals surface area contributed by atoms with E-state index in [9.17, 15) is 0 Å². The lowest BCUT2D eigenvalue weighted by atomic mass is 9.87. The summed E-state index contributed by atoms with van der Waals surface area (Å²) in [6.45, 7) is 9.77. The number of nitrogens with zero attached hydrogens (tertiary/aromatic N) is 2. The molecule has 3 nitrogen and oxygen atoms in total. The molecule has 0 aromatic rings. The van der Waals surface area contributed by atoms with Crippen molar-refractivity contribution in [2.75, 3.05) is 19.6 Å². The lowest BCUT2D eigenvalue weighted by Crippen LogP contribution is -2.38. The van der Waals surface area contributed by atoms with Crippen LogP contribution in [-0.4, -0.2) is 35.9 Å². The van der Waals surface area contributed by atoms with Gasteiger partial charge in [-0.25, -0.2) is 0 Å². The van der Waals surface area contributed by atoms with Crippen LogP contribution in [0, 0.1) is 0 Å². The van der Waals surface area contributed by atoms with E-state index in [1.807, 2.05) is 0 Å². The molecule has 49 heavy (non-hydrogen) atoms. The van der Waals surface area contributed by atoms with Crippen molar-refractivity contribution in [1.82, 2.24) is 4.90 Å². The summed E-state index contributed by atoms with van der Waals surface area (Å²) in [5.41, 5.74) is 6.26. The van der Waals surface area contributed by atoms with Crippen molar-refractivity contribution < 1.29 is 0 Å². The minimum atomic E-state index is 0.156. The van der Waals surface area contributed by atoms with Crippen LogP contribution < -0.4 is 5.73 Å². The third-order valence-corrected chi connectivity index (χ3v) is 10.9. The maximum Gasteiger partial charge on any atom is 0.0997 e. The van der Waals surface area contributed by atoms with Crippen molar-refractivity contribution in [1.29, 1.82) is 0 Å². The molecule has 0 aromatic carbocycles. The van der Waals surface area contributed by atoms with Gasteiger partial charge in [0.25, 0.3) is 0 Å². The van der Waals surface area contributed by atoms with E-state index in [0.29, 0.717) is 0 Å². The molecule has 0 fully saturated rings. The molecule has 1 rings (SSSR count). The Balaban J connectivity index is 2.26. The Labute approximate surface area is 309 Å². The van der Waals surface area contributed by atoms with Gasteiger partial charge in [0, 0.05) is 26.1 Å². The Bertz CT molecular complexity index is 770. The second kappa shape index (κ2) is 35.3. The highest BCUT2D eigenvalue weighted by Gasteiger charge is 2.37. The SMILES string of the molecule is CCCCCCCC/C=C\CCCCCCCCC1=NC(CCCCC)(CCCCCCCC/C=C\CCCCCCCC)CN1CCN. The van der Waals surface area contributed by atoms with E-state index in [1.54, 1.807) is 0 Å². The lowest BCUT2D eigenvalue weighted by molar-refractivity contribution is 0.291. The van der Waals surface area contributed by atoms with Gasteiger partial charge in [-0.3, -0.25) is 4.99 Å². The molecule has 1 heterocycles. The van der Waals surface area contributed by atoms with Gasteiger partial charge in [-0.2, -0.15) is 0 Å². The first-order valence-corrected chi connectivity index (χ1v) is 22.5. The molecule has 0 bridgehead atoms. The Hall–Kier alpha value is -1.09. The molecule has 0 saturated carbocycles. The smallest absolute Gasteiger partial charge is 0.0997 e. The fraction of sp³-hybridized carbons (Fsp3) is 0.891. The molecule has 0 spiro atoms. The highest BCUT2D eigenvalue weighted by atomic mass is 15.3.